The molecule has 0 saturated heterocycles. The number of carbonyl (C=O) groups is 1. The van der Waals surface area contributed by atoms with Gasteiger partial charge in [-0.2, -0.15) is 0 Å². The molecule has 0 unspecified atom stereocenters. The number of carboxylic acid groups (broad SMARTS) is 1. The fourth-order valence-corrected chi connectivity index (χ4v) is 2.95. The quantitative estimate of drug-likeness (QED) is 0.549. The first kappa shape index (κ1) is 17.5. The van der Waals surface area contributed by atoms with Gasteiger partial charge in [-0.15, -0.1) is 0 Å². The number of hydrogen-bond acceptors (Lipinski definition) is 5. The molecule has 28 heavy (non-hydrogen) atoms. The zero-order valence-corrected chi connectivity index (χ0v) is 15.1. The summed E-state index contributed by atoms with van der Waals surface area (Å²) in [6.07, 6.45) is 0. The van der Waals surface area contributed by atoms with Crippen molar-refractivity contribution >= 4 is 22.6 Å². The van der Waals surface area contributed by atoms with Gasteiger partial charge in [0.25, 0.3) is 0 Å². The van der Waals surface area contributed by atoms with E-state index in [1.165, 1.54) is 12.1 Å². The number of fused-ring (bicyclic) bond motifs is 1. The standard InChI is InChI=1S/C23H17NO4/c1-27-18-10-11-21-19(13-18)20(14-22(28-21)15-6-3-2-4-7-15)24-17-9-5-8-16(12-17)23(25)26/h2-14H,1H3,(H,25,26)/p-1. The van der Waals surface area contributed by atoms with Crippen LogP contribution in [-0.4, -0.2) is 13.1 Å². The molecule has 1 aromatic heterocycles. The highest BCUT2D eigenvalue weighted by atomic mass is 16.5. The molecular formula is C23H16NO4-. The molecular weight excluding hydrogens is 354 g/mol. The molecule has 5 nitrogen and oxygen atoms in total. The molecule has 4 rings (SSSR count). The van der Waals surface area contributed by atoms with Gasteiger partial charge in [-0.3, -0.25) is 0 Å². The van der Waals surface area contributed by atoms with Crippen LogP contribution in [0.25, 0.3) is 22.3 Å². The first-order valence-corrected chi connectivity index (χ1v) is 8.67. The highest BCUT2D eigenvalue weighted by Crippen LogP contribution is 2.25. The topological polar surface area (TPSA) is 74.9 Å². The van der Waals surface area contributed by atoms with Crippen molar-refractivity contribution in [2.24, 2.45) is 4.99 Å². The number of carboxylic acids is 1. The Balaban J connectivity index is 1.99. The van der Waals surface area contributed by atoms with Gasteiger partial charge in [0.15, 0.2) is 0 Å². The average molecular weight is 370 g/mol. The molecule has 0 aliphatic rings. The SMILES string of the molecule is COc1ccc2oc(-c3ccccc3)cc(=Nc3cccc(C(=O)[O-])c3)c2c1. The number of benzene rings is 3. The predicted octanol–water partition coefficient (Wildman–Crippen LogP) is 3.70. The molecule has 0 saturated carbocycles. The smallest absolute Gasteiger partial charge is 0.137 e. The maximum Gasteiger partial charge on any atom is 0.137 e. The van der Waals surface area contributed by atoms with E-state index in [0.29, 0.717) is 28.1 Å². The Hall–Kier alpha value is -3.86. The fraction of sp³-hybridized carbons (Fsp3) is 0.0435. The van der Waals surface area contributed by atoms with Gasteiger partial charge in [-0.05, 0) is 35.9 Å². The summed E-state index contributed by atoms with van der Waals surface area (Å²) in [5.41, 5.74) is 2.15. The monoisotopic (exact) mass is 370 g/mol. The summed E-state index contributed by atoms with van der Waals surface area (Å²) in [5.74, 6) is 0.0970. The van der Waals surface area contributed by atoms with Crippen LogP contribution >= 0.6 is 0 Å². The van der Waals surface area contributed by atoms with E-state index in [2.05, 4.69) is 4.99 Å². The second-order valence-corrected chi connectivity index (χ2v) is 6.17. The molecule has 3 aromatic carbocycles. The molecule has 0 bridgehead atoms. The molecule has 5 heteroatoms. The van der Waals surface area contributed by atoms with E-state index in [0.717, 1.165) is 10.9 Å². The van der Waals surface area contributed by atoms with Gasteiger partial charge in [0.2, 0.25) is 0 Å². The van der Waals surface area contributed by atoms with Crippen LogP contribution in [0.4, 0.5) is 5.69 Å². The van der Waals surface area contributed by atoms with Crippen LogP contribution in [0.3, 0.4) is 0 Å². The number of rotatable bonds is 4. The lowest BCUT2D eigenvalue weighted by Gasteiger charge is -2.07. The van der Waals surface area contributed by atoms with Crippen LogP contribution < -0.4 is 15.2 Å². The molecule has 0 spiro atoms. The predicted molar refractivity (Wildman–Crippen MR) is 104 cm³/mol. The van der Waals surface area contributed by atoms with Gasteiger partial charge < -0.3 is 19.1 Å². The van der Waals surface area contributed by atoms with Gasteiger partial charge >= 0.3 is 0 Å². The van der Waals surface area contributed by atoms with E-state index in [1.54, 1.807) is 19.2 Å². The van der Waals surface area contributed by atoms with Crippen LogP contribution in [0.1, 0.15) is 10.4 Å². The number of methoxy groups -OCH3 is 1. The highest BCUT2D eigenvalue weighted by molar-refractivity contribution is 5.87. The van der Waals surface area contributed by atoms with Gasteiger partial charge in [0, 0.05) is 17.0 Å². The largest absolute Gasteiger partial charge is 0.545 e. The lowest BCUT2D eigenvalue weighted by atomic mass is 10.1. The summed E-state index contributed by atoms with van der Waals surface area (Å²) >= 11 is 0. The molecule has 138 valence electrons. The molecule has 0 fully saturated rings. The lowest BCUT2D eigenvalue weighted by Crippen LogP contribution is -2.21. The first-order chi connectivity index (χ1) is 13.6. The Kier molecular flexibility index (Phi) is 4.64. The summed E-state index contributed by atoms with van der Waals surface area (Å²) in [5, 5.41) is 12.6. The maximum atomic E-state index is 11.2. The Labute approximate surface area is 161 Å². The molecule has 0 atom stereocenters. The Morgan fingerprint density at radius 2 is 1.79 bits per heavy atom. The highest BCUT2D eigenvalue weighted by Gasteiger charge is 2.07. The molecule has 0 aliphatic heterocycles. The minimum atomic E-state index is -1.24. The molecule has 0 N–H and O–H groups in total. The van der Waals surface area contributed by atoms with Crippen molar-refractivity contribution in [2.45, 2.75) is 0 Å². The third-order valence-electron chi connectivity index (χ3n) is 4.34. The van der Waals surface area contributed by atoms with Crippen molar-refractivity contribution in [3.63, 3.8) is 0 Å². The summed E-state index contributed by atoms with van der Waals surface area (Å²) in [4.78, 5) is 15.8. The van der Waals surface area contributed by atoms with Crippen molar-refractivity contribution in [1.82, 2.24) is 0 Å². The van der Waals surface area contributed by atoms with Crippen molar-refractivity contribution in [3.05, 3.63) is 89.8 Å². The van der Waals surface area contributed by atoms with Crippen molar-refractivity contribution < 1.29 is 19.1 Å². The molecule has 0 amide bonds. The van der Waals surface area contributed by atoms with Crippen molar-refractivity contribution in [2.75, 3.05) is 7.11 Å². The number of aromatic carboxylic acids is 1. The van der Waals surface area contributed by atoms with Gasteiger partial charge in [0.1, 0.15) is 17.1 Å². The van der Waals surface area contributed by atoms with Crippen LogP contribution in [0, 0.1) is 0 Å². The second-order valence-electron chi connectivity index (χ2n) is 6.17. The van der Waals surface area contributed by atoms with Gasteiger partial charge in [0.05, 0.1) is 24.1 Å². The number of nitrogens with zero attached hydrogens (tertiary/aromatic N) is 1. The van der Waals surface area contributed by atoms with Gasteiger partial charge in [-0.1, -0.05) is 42.5 Å². The summed E-state index contributed by atoms with van der Waals surface area (Å²) in [7, 11) is 1.59. The average Bonchev–Trinajstić information content (AvgIpc) is 2.74. The van der Waals surface area contributed by atoms with Crippen LogP contribution in [0.5, 0.6) is 5.75 Å². The van der Waals surface area contributed by atoms with Crippen LogP contribution in [0.2, 0.25) is 0 Å². The number of hydrogen-bond donors (Lipinski definition) is 0. The molecule has 4 aromatic rings. The first-order valence-electron chi connectivity index (χ1n) is 8.67. The normalized spacial score (nSPS) is 11.5. The Morgan fingerprint density at radius 1 is 0.964 bits per heavy atom. The van der Waals surface area contributed by atoms with Crippen LogP contribution in [-0.2, 0) is 0 Å². The zero-order chi connectivity index (χ0) is 19.5. The van der Waals surface area contributed by atoms with E-state index < -0.39 is 5.97 Å². The summed E-state index contributed by atoms with van der Waals surface area (Å²) in [6.45, 7) is 0. The van der Waals surface area contributed by atoms with E-state index in [-0.39, 0.29) is 5.56 Å². The fourth-order valence-electron chi connectivity index (χ4n) is 2.95. The number of ether oxygens (including phenoxy) is 1. The van der Waals surface area contributed by atoms with E-state index >= 15 is 0 Å². The minimum absolute atomic E-state index is 0.0760. The second kappa shape index (κ2) is 7.40. The van der Waals surface area contributed by atoms with E-state index in [1.807, 2.05) is 54.6 Å². The van der Waals surface area contributed by atoms with E-state index in [4.69, 9.17) is 9.15 Å². The molecule has 0 aliphatic carbocycles. The lowest BCUT2D eigenvalue weighted by molar-refractivity contribution is -0.255. The maximum absolute atomic E-state index is 11.2. The summed E-state index contributed by atoms with van der Waals surface area (Å²) < 4.78 is 11.4. The Morgan fingerprint density at radius 3 is 2.54 bits per heavy atom. The zero-order valence-electron chi connectivity index (χ0n) is 15.1. The number of carbonyl (C=O) groups excluding carboxylic acids is 1. The molecule has 1 heterocycles. The molecule has 0 radical (unpaired) electrons. The van der Waals surface area contributed by atoms with Crippen LogP contribution in [0.15, 0.2) is 88.3 Å². The Bertz CT molecular complexity index is 1230. The van der Waals surface area contributed by atoms with Crippen molar-refractivity contribution in [3.8, 4) is 17.1 Å². The minimum Gasteiger partial charge on any atom is -0.545 e. The summed E-state index contributed by atoms with van der Waals surface area (Å²) in [6, 6.07) is 23.4. The third kappa shape index (κ3) is 3.50. The third-order valence-corrected chi connectivity index (χ3v) is 4.34. The van der Waals surface area contributed by atoms with Crippen molar-refractivity contribution in [1.29, 1.82) is 0 Å². The van der Waals surface area contributed by atoms with Gasteiger partial charge in [-0.25, -0.2) is 4.99 Å². The van der Waals surface area contributed by atoms with E-state index in [9.17, 15) is 9.90 Å².